The zero-order valence-electron chi connectivity index (χ0n) is 18.1. The molecule has 4 rings (SSSR count). The summed E-state index contributed by atoms with van der Waals surface area (Å²) in [6.45, 7) is 8.50. The predicted octanol–water partition coefficient (Wildman–Crippen LogP) is 4.43. The summed E-state index contributed by atoms with van der Waals surface area (Å²) in [5, 5.41) is 7.43. The molecule has 2 aromatic rings. The number of allylic oxidation sites excluding steroid dienone is 1. The molecule has 1 unspecified atom stereocenters. The van der Waals surface area contributed by atoms with E-state index in [4.69, 9.17) is 5.73 Å². The molecular weight excluding hydrogens is 374 g/mol. The van der Waals surface area contributed by atoms with E-state index in [0.29, 0.717) is 29.3 Å². The van der Waals surface area contributed by atoms with Crippen LogP contribution in [-0.4, -0.2) is 20.7 Å². The monoisotopic (exact) mass is 407 g/mol. The van der Waals surface area contributed by atoms with Crippen LogP contribution in [0.4, 0.5) is 5.82 Å². The summed E-state index contributed by atoms with van der Waals surface area (Å²) >= 11 is 0. The molecule has 3 atom stereocenters. The van der Waals surface area contributed by atoms with Crippen molar-refractivity contribution in [2.75, 3.05) is 5.73 Å². The third-order valence-corrected chi connectivity index (χ3v) is 6.94. The second kappa shape index (κ2) is 8.62. The Morgan fingerprint density at radius 1 is 1.33 bits per heavy atom. The highest BCUT2D eigenvalue weighted by atomic mass is 16.1. The number of pyridine rings is 1. The van der Waals surface area contributed by atoms with E-state index in [9.17, 15) is 4.79 Å². The minimum absolute atomic E-state index is 0.192. The summed E-state index contributed by atoms with van der Waals surface area (Å²) in [5.41, 5.74) is 9.91. The van der Waals surface area contributed by atoms with Gasteiger partial charge in [0.15, 0.2) is 0 Å². The van der Waals surface area contributed by atoms with Crippen LogP contribution in [0.3, 0.4) is 0 Å². The number of carbonyl (C=O) groups excluding carboxylic acids is 1. The Morgan fingerprint density at radius 3 is 2.83 bits per heavy atom. The minimum Gasteiger partial charge on any atom is -0.383 e. The molecule has 0 bridgehead atoms. The van der Waals surface area contributed by atoms with Gasteiger partial charge < -0.3 is 11.1 Å². The molecule has 2 fully saturated rings. The van der Waals surface area contributed by atoms with Gasteiger partial charge in [0.25, 0.3) is 5.91 Å². The molecule has 3 N–H and O–H groups in total. The number of hydrogen-bond donors (Lipinski definition) is 2. The summed E-state index contributed by atoms with van der Waals surface area (Å²) in [6.07, 6.45) is 11.3. The largest absolute Gasteiger partial charge is 0.383 e. The van der Waals surface area contributed by atoms with Crippen LogP contribution in [-0.2, 0) is 6.42 Å². The highest BCUT2D eigenvalue weighted by Crippen LogP contribution is 2.41. The van der Waals surface area contributed by atoms with Crippen molar-refractivity contribution in [2.24, 2.45) is 17.8 Å². The number of nitrogens with two attached hydrogens (primary N) is 1. The van der Waals surface area contributed by atoms with E-state index < -0.39 is 0 Å². The standard InChI is InChI=1S/C24H33N5O/c1-15-10-19(12-18-8-9-26-16(2)11-18)13-21(15)17(3)28-24(30)22-14-27-29(23(22)25)20-6-4-5-7-20/h8-9,11,14-15,19-21H,3-7,10,12-13,25H2,1-2H3,(H,28,30)/t15-,19?,21-/m1/s1. The van der Waals surface area contributed by atoms with Crippen molar-refractivity contribution < 1.29 is 4.79 Å². The quantitative estimate of drug-likeness (QED) is 0.742. The molecule has 0 saturated heterocycles. The van der Waals surface area contributed by atoms with Gasteiger partial charge in [-0.05, 0) is 68.6 Å². The van der Waals surface area contributed by atoms with Gasteiger partial charge in [-0.25, -0.2) is 4.68 Å². The fraction of sp³-hybridized carbons (Fsp3) is 0.542. The second-order valence-electron chi connectivity index (χ2n) is 9.24. The maximum absolute atomic E-state index is 12.9. The molecule has 1 amide bonds. The topological polar surface area (TPSA) is 85.8 Å². The Hall–Kier alpha value is -2.63. The van der Waals surface area contributed by atoms with E-state index in [2.05, 4.69) is 41.0 Å². The molecule has 30 heavy (non-hydrogen) atoms. The number of aryl methyl sites for hydroxylation is 1. The summed E-state index contributed by atoms with van der Waals surface area (Å²) in [6, 6.07) is 4.59. The normalized spacial score (nSPS) is 24.3. The molecule has 2 aliphatic rings. The van der Waals surface area contributed by atoms with Crippen molar-refractivity contribution in [2.45, 2.75) is 64.8 Å². The lowest BCUT2D eigenvalue weighted by atomic mass is 9.94. The SMILES string of the molecule is C=C(NC(=O)c1cnn(C2CCCC2)c1N)[C@@H]1CC(Cc2ccnc(C)c2)C[C@H]1C. The van der Waals surface area contributed by atoms with Gasteiger partial charge in [-0.1, -0.05) is 26.3 Å². The molecule has 2 aliphatic carbocycles. The van der Waals surface area contributed by atoms with Crippen LogP contribution < -0.4 is 11.1 Å². The van der Waals surface area contributed by atoms with Crippen LogP contribution in [0.2, 0.25) is 0 Å². The van der Waals surface area contributed by atoms with E-state index in [1.54, 1.807) is 6.20 Å². The van der Waals surface area contributed by atoms with E-state index in [1.807, 2.05) is 17.8 Å². The van der Waals surface area contributed by atoms with Crippen molar-refractivity contribution in [1.82, 2.24) is 20.1 Å². The van der Waals surface area contributed by atoms with Crippen LogP contribution in [0.25, 0.3) is 0 Å². The average molecular weight is 408 g/mol. The van der Waals surface area contributed by atoms with Crippen molar-refractivity contribution in [1.29, 1.82) is 0 Å². The van der Waals surface area contributed by atoms with E-state index in [0.717, 1.165) is 43.5 Å². The van der Waals surface area contributed by atoms with Crippen molar-refractivity contribution in [3.8, 4) is 0 Å². The zero-order valence-corrected chi connectivity index (χ0v) is 18.1. The zero-order chi connectivity index (χ0) is 21.3. The molecule has 2 saturated carbocycles. The molecular formula is C24H33N5O. The highest BCUT2D eigenvalue weighted by molar-refractivity contribution is 5.99. The smallest absolute Gasteiger partial charge is 0.260 e. The molecule has 0 aromatic carbocycles. The van der Waals surface area contributed by atoms with Crippen molar-refractivity contribution in [3.63, 3.8) is 0 Å². The van der Waals surface area contributed by atoms with Gasteiger partial charge in [0.05, 0.1) is 12.2 Å². The first kappa shape index (κ1) is 20.6. The summed E-state index contributed by atoms with van der Waals surface area (Å²) in [4.78, 5) is 17.2. The van der Waals surface area contributed by atoms with E-state index in [1.165, 1.54) is 18.4 Å². The fourth-order valence-corrected chi connectivity index (χ4v) is 5.39. The molecule has 0 spiro atoms. The lowest BCUT2D eigenvalue weighted by molar-refractivity contribution is 0.0961. The predicted molar refractivity (Wildman–Crippen MR) is 119 cm³/mol. The Labute approximate surface area is 179 Å². The first-order valence-corrected chi connectivity index (χ1v) is 11.2. The first-order chi connectivity index (χ1) is 14.4. The Bertz CT molecular complexity index is 927. The molecule has 6 heteroatoms. The van der Waals surface area contributed by atoms with Crippen LogP contribution in [0.15, 0.2) is 36.8 Å². The summed E-state index contributed by atoms with van der Waals surface area (Å²) in [5.74, 6) is 1.65. The number of hydrogen-bond acceptors (Lipinski definition) is 4. The maximum atomic E-state index is 12.9. The first-order valence-electron chi connectivity index (χ1n) is 11.2. The van der Waals surface area contributed by atoms with Crippen LogP contribution in [0, 0.1) is 24.7 Å². The third kappa shape index (κ3) is 4.27. The number of amides is 1. The fourth-order valence-electron chi connectivity index (χ4n) is 5.39. The Balaban J connectivity index is 1.37. The maximum Gasteiger partial charge on any atom is 0.260 e. The van der Waals surface area contributed by atoms with Gasteiger partial charge in [-0.15, -0.1) is 0 Å². The van der Waals surface area contributed by atoms with Crippen LogP contribution in [0.5, 0.6) is 0 Å². The van der Waals surface area contributed by atoms with Crippen LogP contribution >= 0.6 is 0 Å². The number of nitrogens with one attached hydrogen (secondary N) is 1. The Morgan fingerprint density at radius 2 is 2.10 bits per heavy atom. The number of anilines is 1. The van der Waals surface area contributed by atoms with E-state index in [-0.39, 0.29) is 11.8 Å². The van der Waals surface area contributed by atoms with Gasteiger partial charge in [0, 0.05) is 23.5 Å². The molecule has 2 aromatic heterocycles. The van der Waals surface area contributed by atoms with Crippen molar-refractivity contribution >= 4 is 11.7 Å². The lowest BCUT2D eigenvalue weighted by Crippen LogP contribution is -2.28. The summed E-state index contributed by atoms with van der Waals surface area (Å²) < 4.78 is 1.83. The van der Waals surface area contributed by atoms with Gasteiger partial charge in [0.1, 0.15) is 11.4 Å². The third-order valence-electron chi connectivity index (χ3n) is 6.94. The van der Waals surface area contributed by atoms with Gasteiger partial charge >= 0.3 is 0 Å². The van der Waals surface area contributed by atoms with E-state index >= 15 is 0 Å². The second-order valence-corrected chi connectivity index (χ2v) is 9.24. The van der Waals surface area contributed by atoms with Crippen LogP contribution in [0.1, 0.15) is 73.1 Å². The van der Waals surface area contributed by atoms with Gasteiger partial charge in [0.2, 0.25) is 0 Å². The molecule has 0 radical (unpaired) electrons. The highest BCUT2D eigenvalue weighted by Gasteiger charge is 2.34. The molecule has 0 aliphatic heterocycles. The molecule has 160 valence electrons. The molecule has 2 heterocycles. The Kier molecular flexibility index (Phi) is 5.93. The number of nitrogen functional groups attached to an aromatic ring is 1. The number of carbonyl (C=O) groups is 1. The number of nitrogens with zero attached hydrogens (tertiary/aromatic N) is 3. The average Bonchev–Trinajstić information content (AvgIpc) is 3.42. The van der Waals surface area contributed by atoms with Gasteiger partial charge in [-0.3, -0.25) is 9.78 Å². The number of rotatable bonds is 6. The lowest BCUT2D eigenvalue weighted by Gasteiger charge is -2.19. The minimum atomic E-state index is -0.192. The van der Waals surface area contributed by atoms with Gasteiger partial charge in [-0.2, -0.15) is 5.10 Å². The summed E-state index contributed by atoms with van der Waals surface area (Å²) in [7, 11) is 0. The molecule has 6 nitrogen and oxygen atoms in total. The van der Waals surface area contributed by atoms with Crippen molar-refractivity contribution in [3.05, 3.63) is 53.6 Å². The number of aromatic nitrogens is 3.